The van der Waals surface area contributed by atoms with Crippen LogP contribution in [0.25, 0.3) is 5.70 Å². The van der Waals surface area contributed by atoms with Crippen molar-refractivity contribution in [1.82, 2.24) is 9.80 Å². The minimum Gasteiger partial charge on any atom is -0.325 e. The van der Waals surface area contributed by atoms with Gasteiger partial charge in [-0.15, -0.1) is 0 Å². The highest BCUT2D eigenvalue weighted by atomic mass is 19.4. The van der Waals surface area contributed by atoms with Crippen molar-refractivity contribution in [2.24, 2.45) is 16.8 Å². The maximum absolute atomic E-state index is 13.5. The highest BCUT2D eigenvalue weighted by Crippen LogP contribution is 2.37. The first-order valence-electron chi connectivity index (χ1n) is 12.8. The largest absolute Gasteiger partial charge is 0.416 e. The van der Waals surface area contributed by atoms with Crippen molar-refractivity contribution < 1.29 is 18.0 Å². The molecule has 3 aliphatic rings. The molecule has 2 amide bonds. The number of benzene rings is 2. The molecular formula is C29H29F3N4O. The fraction of sp³-hybridized carbons (Fsp3) is 0.414. The van der Waals surface area contributed by atoms with Crippen LogP contribution in [0.15, 0.2) is 65.7 Å². The maximum Gasteiger partial charge on any atom is 0.416 e. The summed E-state index contributed by atoms with van der Waals surface area (Å²) in [6, 6.07) is 17.5. The van der Waals surface area contributed by atoms with Crippen molar-refractivity contribution in [2.75, 3.05) is 26.2 Å². The number of hydrogen-bond acceptors (Lipinski definition) is 3. The van der Waals surface area contributed by atoms with Crippen molar-refractivity contribution in [3.8, 4) is 6.07 Å². The van der Waals surface area contributed by atoms with E-state index in [9.17, 15) is 23.2 Å². The third-order valence-corrected chi connectivity index (χ3v) is 7.69. The van der Waals surface area contributed by atoms with Gasteiger partial charge in [0.1, 0.15) is 0 Å². The van der Waals surface area contributed by atoms with E-state index in [2.05, 4.69) is 12.1 Å². The highest BCUT2D eigenvalue weighted by Gasteiger charge is 2.37. The lowest BCUT2D eigenvalue weighted by Gasteiger charge is -2.41. The number of aliphatic imine (C=N–C) groups is 1. The number of carbonyl (C=O) groups excluding carboxylic acids is 1. The number of likely N-dealkylation sites (tertiary alicyclic amines) is 2. The van der Waals surface area contributed by atoms with Crippen LogP contribution in [0, 0.1) is 23.2 Å². The van der Waals surface area contributed by atoms with E-state index in [1.165, 1.54) is 0 Å². The number of halogens is 3. The molecule has 0 aromatic heterocycles. The van der Waals surface area contributed by atoms with Crippen molar-refractivity contribution in [2.45, 2.75) is 37.8 Å². The number of allylic oxidation sites excluding steroid dienone is 1. The Labute approximate surface area is 214 Å². The summed E-state index contributed by atoms with van der Waals surface area (Å²) in [5, 5.41) is 9.20. The molecule has 2 aromatic rings. The van der Waals surface area contributed by atoms with Crippen LogP contribution in [-0.2, 0) is 6.18 Å². The third kappa shape index (κ3) is 5.56. The summed E-state index contributed by atoms with van der Waals surface area (Å²) < 4.78 is 39.4. The van der Waals surface area contributed by atoms with Crippen LogP contribution in [0.5, 0.6) is 0 Å². The third-order valence-electron chi connectivity index (χ3n) is 7.69. The Morgan fingerprint density at radius 1 is 0.946 bits per heavy atom. The molecule has 3 aliphatic heterocycles. The van der Waals surface area contributed by atoms with Gasteiger partial charge in [-0.05, 0) is 42.5 Å². The van der Waals surface area contributed by atoms with Crippen LogP contribution in [0.1, 0.15) is 48.3 Å². The fourth-order valence-electron chi connectivity index (χ4n) is 5.58. The van der Waals surface area contributed by atoms with E-state index in [1.807, 2.05) is 40.1 Å². The molecule has 5 rings (SSSR count). The molecule has 0 saturated carbocycles. The number of urea groups is 1. The second-order valence-corrected chi connectivity index (χ2v) is 10.1. The van der Waals surface area contributed by atoms with Crippen molar-refractivity contribution in [1.29, 1.82) is 5.26 Å². The Hall–Kier alpha value is -3.60. The number of carbonyl (C=O) groups is 1. The number of piperidine rings is 2. The molecule has 0 N–H and O–H groups in total. The minimum atomic E-state index is -4.39. The summed E-state index contributed by atoms with van der Waals surface area (Å²) in [7, 11) is 0. The van der Waals surface area contributed by atoms with Crippen LogP contribution in [0.2, 0.25) is 0 Å². The summed E-state index contributed by atoms with van der Waals surface area (Å²) in [5.41, 5.74) is 3.10. The number of nitriles is 1. The first-order chi connectivity index (χ1) is 17.8. The lowest BCUT2D eigenvalue weighted by atomic mass is 9.81. The van der Waals surface area contributed by atoms with Gasteiger partial charge in [0, 0.05) is 56.1 Å². The van der Waals surface area contributed by atoms with Gasteiger partial charge in [0.25, 0.3) is 0 Å². The summed E-state index contributed by atoms with van der Waals surface area (Å²) >= 11 is 0. The van der Waals surface area contributed by atoms with E-state index in [-0.39, 0.29) is 23.8 Å². The van der Waals surface area contributed by atoms with E-state index >= 15 is 0 Å². The summed E-state index contributed by atoms with van der Waals surface area (Å²) in [6.45, 7) is 2.07. The molecule has 5 nitrogen and oxygen atoms in total. The number of amides is 2. The second-order valence-electron chi connectivity index (χ2n) is 10.1. The van der Waals surface area contributed by atoms with E-state index in [0.29, 0.717) is 45.4 Å². The molecule has 3 heterocycles. The van der Waals surface area contributed by atoms with Crippen LogP contribution in [-0.4, -0.2) is 47.7 Å². The SMILES string of the molecule is N#CC1CCN(C(=O)N2CC(C3=NC(c4ccccc4)=CC3)CC(c3ccc(C(F)(F)F)cc3)C2)CC1. The smallest absolute Gasteiger partial charge is 0.325 e. The Bertz CT molecular complexity index is 1220. The van der Waals surface area contributed by atoms with E-state index in [1.54, 1.807) is 12.1 Å². The zero-order chi connectivity index (χ0) is 26.0. The fourth-order valence-corrected chi connectivity index (χ4v) is 5.58. The van der Waals surface area contributed by atoms with Gasteiger partial charge in [-0.1, -0.05) is 48.5 Å². The first-order valence-corrected chi connectivity index (χ1v) is 12.8. The highest BCUT2D eigenvalue weighted by molar-refractivity contribution is 5.97. The Morgan fingerprint density at radius 3 is 2.27 bits per heavy atom. The molecule has 2 unspecified atom stereocenters. The number of hydrogen-bond donors (Lipinski definition) is 0. The number of rotatable bonds is 3. The Morgan fingerprint density at radius 2 is 1.62 bits per heavy atom. The van der Waals surface area contributed by atoms with Gasteiger partial charge in [-0.3, -0.25) is 4.99 Å². The van der Waals surface area contributed by atoms with Crippen molar-refractivity contribution in [3.63, 3.8) is 0 Å². The predicted octanol–water partition coefficient (Wildman–Crippen LogP) is 6.35. The summed E-state index contributed by atoms with van der Waals surface area (Å²) in [5.74, 6) is -0.0995. The van der Waals surface area contributed by atoms with Gasteiger partial charge in [-0.2, -0.15) is 18.4 Å². The molecular weight excluding hydrogens is 477 g/mol. The van der Waals surface area contributed by atoms with Crippen molar-refractivity contribution in [3.05, 3.63) is 77.4 Å². The van der Waals surface area contributed by atoms with E-state index in [0.717, 1.165) is 41.1 Å². The monoisotopic (exact) mass is 506 g/mol. The Kier molecular flexibility index (Phi) is 7.05. The minimum absolute atomic E-state index is 0.0131. The molecule has 2 aromatic carbocycles. The molecule has 2 atom stereocenters. The van der Waals surface area contributed by atoms with Gasteiger partial charge >= 0.3 is 12.2 Å². The second kappa shape index (κ2) is 10.4. The van der Waals surface area contributed by atoms with Gasteiger partial charge in [0.05, 0.1) is 17.3 Å². The molecule has 2 saturated heterocycles. The maximum atomic E-state index is 13.5. The zero-order valence-electron chi connectivity index (χ0n) is 20.5. The zero-order valence-corrected chi connectivity index (χ0v) is 20.5. The standard InChI is InChI=1S/C29H29F3N4O/c30-29(31,32)25-8-6-21(7-9-25)23-16-24(27-11-10-26(34-27)22-4-2-1-3-5-22)19-36(18-23)28(37)35-14-12-20(17-33)13-15-35/h1-10,20,23-24H,11-16,18-19H2. The molecule has 0 aliphatic carbocycles. The molecule has 0 bridgehead atoms. The number of nitrogens with zero attached hydrogens (tertiary/aromatic N) is 4. The summed E-state index contributed by atoms with van der Waals surface area (Å²) in [6.07, 6.45) is 0.469. The van der Waals surface area contributed by atoms with Crippen LogP contribution < -0.4 is 0 Å². The van der Waals surface area contributed by atoms with Crippen LogP contribution >= 0.6 is 0 Å². The van der Waals surface area contributed by atoms with Gasteiger partial charge in [0.15, 0.2) is 0 Å². The van der Waals surface area contributed by atoms with Gasteiger partial charge in [0.2, 0.25) is 0 Å². The summed E-state index contributed by atoms with van der Waals surface area (Å²) in [4.78, 5) is 22.1. The molecule has 192 valence electrons. The predicted molar refractivity (Wildman–Crippen MR) is 136 cm³/mol. The number of alkyl halides is 3. The quantitative estimate of drug-likeness (QED) is 0.487. The molecule has 2 fully saturated rings. The van der Waals surface area contributed by atoms with Gasteiger partial charge < -0.3 is 9.80 Å². The Balaban J connectivity index is 1.38. The average Bonchev–Trinajstić information content (AvgIpc) is 3.43. The van der Waals surface area contributed by atoms with Crippen LogP contribution in [0.4, 0.5) is 18.0 Å². The lowest BCUT2D eigenvalue weighted by Crippen LogP contribution is -2.52. The lowest BCUT2D eigenvalue weighted by molar-refractivity contribution is -0.137. The molecule has 0 spiro atoms. The van der Waals surface area contributed by atoms with Crippen molar-refractivity contribution >= 4 is 17.4 Å². The van der Waals surface area contributed by atoms with E-state index in [4.69, 9.17) is 4.99 Å². The first kappa shape index (κ1) is 25.1. The molecule has 0 radical (unpaired) electrons. The van der Waals surface area contributed by atoms with E-state index < -0.39 is 11.7 Å². The molecule has 8 heteroatoms. The average molecular weight is 507 g/mol. The topological polar surface area (TPSA) is 59.7 Å². The van der Waals surface area contributed by atoms with Gasteiger partial charge in [-0.25, -0.2) is 4.79 Å². The molecule has 37 heavy (non-hydrogen) atoms. The normalized spacial score (nSPS) is 22.9. The van der Waals surface area contributed by atoms with Crippen LogP contribution in [0.3, 0.4) is 0 Å².